The van der Waals surface area contributed by atoms with Crippen LogP contribution in [-0.2, 0) is 27.4 Å². The van der Waals surface area contributed by atoms with Gasteiger partial charge < -0.3 is 20.1 Å². The average molecular weight is 296 g/mol. The van der Waals surface area contributed by atoms with E-state index in [9.17, 15) is 9.18 Å². The van der Waals surface area contributed by atoms with E-state index >= 15 is 0 Å². The van der Waals surface area contributed by atoms with Crippen molar-refractivity contribution in [2.45, 2.75) is 31.7 Å². The second-order valence-electron chi connectivity index (χ2n) is 5.13. The zero-order valence-corrected chi connectivity index (χ0v) is 12.3. The number of carbonyl (C=O) groups excluding carboxylic acids is 1. The van der Waals surface area contributed by atoms with Crippen molar-refractivity contribution in [2.75, 3.05) is 20.8 Å². The van der Waals surface area contributed by atoms with Crippen LogP contribution >= 0.6 is 0 Å². The average Bonchev–Trinajstić information content (AvgIpc) is 2.97. The Kier molecular flexibility index (Phi) is 5.67. The lowest BCUT2D eigenvalue weighted by molar-refractivity contribution is -0.123. The Morgan fingerprint density at radius 3 is 2.95 bits per heavy atom. The number of hydrogen-bond donors (Lipinski definition) is 2. The highest BCUT2D eigenvalue weighted by atomic mass is 19.1. The molecule has 0 unspecified atom stereocenters. The largest absolute Gasteiger partial charge is 0.380 e. The fraction of sp³-hybridized carbons (Fsp3) is 0.533. The van der Waals surface area contributed by atoms with Crippen LogP contribution in [0.5, 0.6) is 0 Å². The predicted molar refractivity (Wildman–Crippen MR) is 76.2 cm³/mol. The summed E-state index contributed by atoms with van der Waals surface area (Å²) < 4.78 is 23.6. The summed E-state index contributed by atoms with van der Waals surface area (Å²) in [5.74, 6) is -0.362. The number of rotatable bonds is 6. The van der Waals surface area contributed by atoms with Crippen LogP contribution in [0.1, 0.15) is 17.5 Å². The summed E-state index contributed by atoms with van der Waals surface area (Å²) >= 11 is 0. The van der Waals surface area contributed by atoms with Crippen LogP contribution in [0, 0.1) is 5.82 Å². The van der Waals surface area contributed by atoms with Crippen molar-refractivity contribution in [2.24, 2.45) is 0 Å². The molecule has 21 heavy (non-hydrogen) atoms. The maximum atomic E-state index is 13.5. The van der Waals surface area contributed by atoms with E-state index in [1.165, 1.54) is 13.2 Å². The van der Waals surface area contributed by atoms with Gasteiger partial charge in [0, 0.05) is 32.9 Å². The number of benzene rings is 1. The normalized spacial score (nSPS) is 21.5. The molecule has 116 valence electrons. The van der Waals surface area contributed by atoms with Gasteiger partial charge in [-0.1, -0.05) is 6.07 Å². The summed E-state index contributed by atoms with van der Waals surface area (Å²) in [6.07, 6.45) is 0.751. The molecular formula is C15H21FN2O3. The minimum atomic E-state index is -0.299. The first kappa shape index (κ1) is 15.9. The highest BCUT2D eigenvalue weighted by Gasteiger charge is 2.28. The van der Waals surface area contributed by atoms with Crippen molar-refractivity contribution < 1.29 is 18.7 Å². The Morgan fingerprint density at radius 2 is 2.29 bits per heavy atom. The van der Waals surface area contributed by atoms with Gasteiger partial charge in [0.1, 0.15) is 5.82 Å². The predicted octanol–water partition coefficient (Wildman–Crippen LogP) is 0.965. The maximum absolute atomic E-state index is 13.5. The van der Waals surface area contributed by atoms with Crippen LogP contribution in [0.15, 0.2) is 18.2 Å². The van der Waals surface area contributed by atoms with Gasteiger partial charge in [-0.3, -0.25) is 4.79 Å². The van der Waals surface area contributed by atoms with E-state index in [0.29, 0.717) is 25.1 Å². The Labute approximate surface area is 123 Å². The SMILES string of the molecule is COCc1cc(CNC(=O)[C@@H]2C[C@H](OC)CN2)ccc1F. The smallest absolute Gasteiger partial charge is 0.237 e. The van der Waals surface area contributed by atoms with Gasteiger partial charge in [0.05, 0.1) is 18.8 Å². The van der Waals surface area contributed by atoms with Crippen molar-refractivity contribution in [1.29, 1.82) is 0 Å². The molecule has 0 bridgehead atoms. The number of carbonyl (C=O) groups is 1. The fourth-order valence-electron chi connectivity index (χ4n) is 2.40. The van der Waals surface area contributed by atoms with Gasteiger partial charge in [-0.25, -0.2) is 4.39 Å². The number of nitrogens with one attached hydrogen (secondary N) is 2. The third-order valence-electron chi connectivity index (χ3n) is 3.62. The maximum Gasteiger partial charge on any atom is 0.237 e. The molecule has 6 heteroatoms. The van der Waals surface area contributed by atoms with E-state index < -0.39 is 0 Å². The lowest BCUT2D eigenvalue weighted by Crippen LogP contribution is -2.40. The molecular weight excluding hydrogens is 275 g/mol. The number of amides is 1. The van der Waals surface area contributed by atoms with Crippen molar-refractivity contribution in [1.82, 2.24) is 10.6 Å². The number of hydrogen-bond acceptors (Lipinski definition) is 4. The quantitative estimate of drug-likeness (QED) is 0.821. The summed E-state index contributed by atoms with van der Waals surface area (Å²) in [6, 6.07) is 4.53. The molecule has 1 fully saturated rings. The van der Waals surface area contributed by atoms with Gasteiger partial charge in [0.25, 0.3) is 0 Å². The van der Waals surface area contributed by atoms with Crippen LogP contribution in [0.25, 0.3) is 0 Å². The fourth-order valence-corrected chi connectivity index (χ4v) is 2.40. The van der Waals surface area contributed by atoms with Crippen molar-refractivity contribution in [3.05, 3.63) is 35.1 Å². The molecule has 0 aromatic heterocycles. The van der Waals surface area contributed by atoms with Gasteiger partial charge in [0.15, 0.2) is 0 Å². The van der Waals surface area contributed by atoms with E-state index in [-0.39, 0.29) is 30.5 Å². The van der Waals surface area contributed by atoms with Crippen LogP contribution in [0.4, 0.5) is 4.39 Å². The first-order valence-electron chi connectivity index (χ1n) is 6.94. The topological polar surface area (TPSA) is 59.6 Å². The molecule has 0 spiro atoms. The van der Waals surface area contributed by atoms with E-state index in [0.717, 1.165) is 5.56 Å². The van der Waals surface area contributed by atoms with Crippen LogP contribution in [0.3, 0.4) is 0 Å². The van der Waals surface area contributed by atoms with Crippen LogP contribution < -0.4 is 10.6 Å². The van der Waals surface area contributed by atoms with E-state index in [1.807, 2.05) is 0 Å². The number of halogens is 1. The Hall–Kier alpha value is -1.50. The second kappa shape index (κ2) is 7.49. The molecule has 2 rings (SSSR count). The third-order valence-corrected chi connectivity index (χ3v) is 3.62. The molecule has 2 N–H and O–H groups in total. The van der Waals surface area contributed by atoms with Crippen molar-refractivity contribution in [3.63, 3.8) is 0 Å². The Bertz CT molecular complexity index is 496. The minimum absolute atomic E-state index is 0.0628. The molecule has 0 radical (unpaired) electrons. The van der Waals surface area contributed by atoms with E-state index in [4.69, 9.17) is 9.47 Å². The molecule has 1 saturated heterocycles. The molecule has 1 aliphatic rings. The molecule has 1 heterocycles. The zero-order valence-electron chi connectivity index (χ0n) is 12.3. The molecule has 1 aromatic rings. The van der Waals surface area contributed by atoms with Gasteiger partial charge in [-0.15, -0.1) is 0 Å². The Morgan fingerprint density at radius 1 is 1.48 bits per heavy atom. The Balaban J connectivity index is 1.88. The van der Waals surface area contributed by atoms with Crippen LogP contribution in [0.2, 0.25) is 0 Å². The highest BCUT2D eigenvalue weighted by molar-refractivity contribution is 5.82. The van der Waals surface area contributed by atoms with Gasteiger partial charge in [-0.2, -0.15) is 0 Å². The molecule has 0 aliphatic carbocycles. The molecule has 1 amide bonds. The van der Waals surface area contributed by atoms with Crippen molar-refractivity contribution >= 4 is 5.91 Å². The van der Waals surface area contributed by atoms with Gasteiger partial charge in [-0.05, 0) is 24.1 Å². The summed E-state index contributed by atoms with van der Waals surface area (Å²) in [5, 5.41) is 5.97. The van der Waals surface area contributed by atoms with Crippen molar-refractivity contribution in [3.8, 4) is 0 Å². The van der Waals surface area contributed by atoms with Crippen LogP contribution in [-0.4, -0.2) is 38.8 Å². The molecule has 1 aromatic carbocycles. The lowest BCUT2D eigenvalue weighted by Gasteiger charge is -2.12. The molecule has 0 saturated carbocycles. The molecule has 1 aliphatic heterocycles. The second-order valence-corrected chi connectivity index (χ2v) is 5.13. The standard InChI is InChI=1S/C15H21FN2O3/c1-20-9-11-5-10(3-4-13(11)16)7-18-15(19)14-6-12(21-2)8-17-14/h3-5,12,14,17H,6-9H2,1-2H3,(H,18,19)/t12-,14-/m0/s1. The van der Waals surface area contributed by atoms with E-state index in [2.05, 4.69) is 10.6 Å². The monoisotopic (exact) mass is 296 g/mol. The third kappa shape index (κ3) is 4.23. The summed E-state index contributed by atoms with van der Waals surface area (Å²) in [5.41, 5.74) is 1.33. The summed E-state index contributed by atoms with van der Waals surface area (Å²) in [4.78, 5) is 12.0. The number of methoxy groups -OCH3 is 2. The van der Waals surface area contributed by atoms with Gasteiger partial charge in [0.2, 0.25) is 5.91 Å². The van der Waals surface area contributed by atoms with Gasteiger partial charge >= 0.3 is 0 Å². The first-order chi connectivity index (χ1) is 10.1. The summed E-state index contributed by atoms with van der Waals surface area (Å²) in [6.45, 7) is 1.27. The zero-order chi connectivity index (χ0) is 15.2. The highest BCUT2D eigenvalue weighted by Crippen LogP contribution is 2.13. The number of ether oxygens (including phenoxy) is 2. The minimum Gasteiger partial charge on any atom is -0.380 e. The lowest BCUT2D eigenvalue weighted by atomic mass is 10.1. The first-order valence-corrected chi connectivity index (χ1v) is 6.94. The molecule has 5 nitrogen and oxygen atoms in total. The summed E-state index contributed by atoms with van der Waals surface area (Å²) in [7, 11) is 3.16. The molecule has 2 atom stereocenters. The van der Waals surface area contributed by atoms with E-state index in [1.54, 1.807) is 19.2 Å².